The van der Waals surface area contributed by atoms with E-state index in [1.54, 1.807) is 48.5 Å². The fourth-order valence-electron chi connectivity index (χ4n) is 5.40. The van der Waals surface area contributed by atoms with Gasteiger partial charge in [-0.25, -0.2) is 25.9 Å². The Balaban J connectivity index is 0. The first-order valence-corrected chi connectivity index (χ1v) is 35.4. The van der Waals surface area contributed by atoms with E-state index in [-0.39, 0.29) is 49.1 Å². The molecule has 3 aliphatic heterocycles. The highest BCUT2D eigenvalue weighted by atomic mass is 31.3. The third-order valence-corrected chi connectivity index (χ3v) is 20.5. The van der Waals surface area contributed by atoms with Gasteiger partial charge in [-0.05, 0) is 48.5 Å². The molecule has 12 unspecified atom stereocenters. The lowest BCUT2D eigenvalue weighted by molar-refractivity contribution is -0.255. The highest BCUT2D eigenvalue weighted by Crippen LogP contribution is 2.64. The van der Waals surface area contributed by atoms with Crippen LogP contribution in [0.1, 0.15) is 93.4 Å². The van der Waals surface area contributed by atoms with Crippen LogP contribution in [-0.4, -0.2) is 121 Å². The van der Waals surface area contributed by atoms with Gasteiger partial charge in [0.15, 0.2) is 0 Å². The number of phosphoric ester groups is 5. The molecule has 0 aromatic rings. The number of rotatable bonds is 27. The van der Waals surface area contributed by atoms with Crippen molar-refractivity contribution in [2.75, 3.05) is 34.0 Å². The number of aliphatic hydroxyl groups is 3. The molecule has 0 amide bonds. The van der Waals surface area contributed by atoms with Crippen molar-refractivity contribution < 1.29 is 178 Å². The van der Waals surface area contributed by atoms with Gasteiger partial charge in [-0.2, -0.15) is 0 Å². The Morgan fingerprint density at radius 2 is 0.691 bits per heavy atom. The van der Waals surface area contributed by atoms with Gasteiger partial charge in [0.2, 0.25) is 0 Å². The fourth-order valence-corrected chi connectivity index (χ4v) is 14.6. The van der Waals surface area contributed by atoms with Gasteiger partial charge >= 0.3 is 0 Å². The minimum Gasteiger partial charge on any atom is -0.756 e. The zero-order valence-corrected chi connectivity index (χ0v) is 52.0. The van der Waals surface area contributed by atoms with E-state index in [0.29, 0.717) is 39.9 Å². The van der Waals surface area contributed by atoms with Gasteiger partial charge < -0.3 is 101 Å². The van der Waals surface area contributed by atoms with Crippen LogP contribution in [0.2, 0.25) is 0 Å². The molecule has 38 nitrogen and oxygen atoms in total. The molecule has 0 saturated carbocycles. The molecular weight excluding hydrogens is 1300 g/mol. The number of Topliss-reactive ketones (excluding diaryl/α,β-unsaturated/α-hetero) is 2. The maximum absolute atomic E-state index is 11.3. The molecule has 18 atom stereocenters. The van der Waals surface area contributed by atoms with Crippen LogP contribution in [0.3, 0.4) is 0 Å². The molecule has 0 radical (unpaired) electrons. The summed E-state index contributed by atoms with van der Waals surface area (Å²) in [5.41, 5.74) is 0. The van der Waals surface area contributed by atoms with E-state index in [1.807, 2.05) is 0 Å². The van der Waals surface area contributed by atoms with Gasteiger partial charge in [-0.3, -0.25) is 50.7 Å². The summed E-state index contributed by atoms with van der Waals surface area (Å²) in [6.07, 6.45) is -3.73. The smallest absolute Gasteiger partial charge is 0.280 e. The Labute approximate surface area is 464 Å². The van der Waals surface area contributed by atoms with Crippen molar-refractivity contribution in [2.24, 2.45) is 0 Å². The zero-order valence-electron chi connectivity index (χ0n) is 44.0. The second-order valence-electron chi connectivity index (χ2n) is 15.9. The summed E-state index contributed by atoms with van der Waals surface area (Å²) in [5.74, 6) is 11.5. The molecule has 3 saturated heterocycles. The van der Waals surface area contributed by atoms with E-state index in [2.05, 4.69) is 72.2 Å². The number of ketones is 2. The largest absolute Gasteiger partial charge is 0.756 e. The van der Waals surface area contributed by atoms with Crippen molar-refractivity contribution >= 4 is 82.0 Å². The lowest BCUT2D eigenvalue weighted by Crippen LogP contribution is -2.27. The molecule has 47 heteroatoms. The predicted octanol–water partition coefficient (Wildman–Crippen LogP) is -2.02. The van der Waals surface area contributed by atoms with Gasteiger partial charge in [-0.15, -0.1) is 23.7 Å². The van der Waals surface area contributed by atoms with E-state index in [9.17, 15) is 110 Å². The molecule has 0 aromatic carbocycles. The van der Waals surface area contributed by atoms with Crippen molar-refractivity contribution in [2.45, 2.75) is 148 Å². The number of aliphatic hydroxyl groups excluding tert-OH is 3. The van der Waals surface area contributed by atoms with E-state index in [4.69, 9.17) is 19.1 Å². The highest BCUT2D eigenvalue weighted by molar-refractivity contribution is 7.66. The molecular formula is C34H60O38P9-9. The maximum atomic E-state index is 11.3. The maximum Gasteiger partial charge on any atom is 0.280 e. The zero-order chi connectivity index (χ0) is 63.6. The van der Waals surface area contributed by atoms with Crippen molar-refractivity contribution in [1.82, 2.24) is 0 Å². The Morgan fingerprint density at radius 3 is 0.877 bits per heavy atom. The van der Waals surface area contributed by atoms with Gasteiger partial charge in [0.1, 0.15) is 29.9 Å². The average molecular weight is 1360 g/mol. The van der Waals surface area contributed by atoms with Crippen molar-refractivity contribution in [3.63, 3.8) is 0 Å². The molecule has 3 rings (SSSR count). The van der Waals surface area contributed by atoms with Crippen LogP contribution in [0.5, 0.6) is 0 Å². The molecule has 478 valence electrons. The van der Waals surface area contributed by atoms with E-state index in [1.165, 1.54) is 0 Å². The number of carbonyl (C=O) groups is 2. The van der Waals surface area contributed by atoms with Crippen LogP contribution in [0.25, 0.3) is 0 Å². The van der Waals surface area contributed by atoms with Crippen molar-refractivity contribution in [3.05, 3.63) is 0 Å². The van der Waals surface area contributed by atoms with Crippen LogP contribution in [0, 0.1) is 23.7 Å². The molecule has 0 aliphatic carbocycles. The molecule has 0 spiro atoms. The third kappa shape index (κ3) is 42.9. The normalized spacial score (nSPS) is 28.8. The van der Waals surface area contributed by atoms with Crippen molar-refractivity contribution in [1.29, 1.82) is 0 Å². The summed E-state index contributed by atoms with van der Waals surface area (Å²) in [7, 11) is -49.0. The summed E-state index contributed by atoms with van der Waals surface area (Å²) in [6.45, 7) is 9.41. The average Bonchev–Trinajstić information content (AvgIpc) is 3.90. The summed E-state index contributed by atoms with van der Waals surface area (Å²) < 4.78 is 155. The minimum absolute atomic E-state index is 0.216. The Morgan fingerprint density at radius 1 is 0.457 bits per heavy atom. The Hall–Kier alpha value is -0.550. The molecule has 4 N–H and O–H groups in total. The Bertz CT molecular complexity index is 2430. The highest BCUT2D eigenvalue weighted by Gasteiger charge is 2.36. The Kier molecular flexibility index (Phi) is 38.0. The monoisotopic (exact) mass is 1360 g/mol. The molecule has 81 heavy (non-hydrogen) atoms. The summed E-state index contributed by atoms with van der Waals surface area (Å²) >= 11 is 0. The van der Waals surface area contributed by atoms with Gasteiger partial charge in [0.05, 0.1) is 56.4 Å². The quantitative estimate of drug-likeness (QED) is 0.0509. The summed E-state index contributed by atoms with van der Waals surface area (Å²) in [6, 6.07) is 0. The van der Waals surface area contributed by atoms with E-state index >= 15 is 0 Å². The first kappa shape index (κ1) is 82.5. The van der Waals surface area contributed by atoms with E-state index in [0.717, 1.165) is 0 Å². The van der Waals surface area contributed by atoms with Crippen LogP contribution < -0.4 is 44.0 Å². The first-order valence-electron chi connectivity index (χ1n) is 22.2. The van der Waals surface area contributed by atoms with Crippen LogP contribution in [0.4, 0.5) is 0 Å². The van der Waals surface area contributed by atoms with Crippen LogP contribution in [-0.2, 0) is 113 Å². The molecule has 3 aliphatic rings. The number of hydrogen-bond acceptors (Lipinski definition) is 37. The fraction of sp³-hybridized carbons (Fsp3) is 0.824. The number of phosphoric acid groups is 9. The van der Waals surface area contributed by atoms with Crippen molar-refractivity contribution in [3.8, 4) is 23.7 Å². The number of carbonyl (C=O) groups excluding carboxylic acids is 2. The standard InChI is InChI=1S/2C7H17O12P3.2C7H10O.C6H15O12P3/c2*1-5-3-6(8)7(17-5)4-16-21(11,12)19-22(13,14)18-20(9,10)15-2;2*1-3-4-5-6-7(2)8;1-4-2-5(7)6(16-4)3-15-20(11,12)18-21(13,14)17-19(8,9)10/h2*5-8H,3-4H2,1-2H3,(H,9,10)(H,11,12)(H,13,14);2*5-6H2,1-2H3;4-7H,2-3H2,1H3,(H,11,12)(H,13,14)(H2,8,9,10)/p-9/t2*5-,6?,7+;;;4-,5?,6+/m00..0/s1. The second kappa shape index (κ2) is 37.3. The number of hydrogen-bond donors (Lipinski definition) is 4. The predicted molar refractivity (Wildman–Crippen MR) is 251 cm³/mol. The minimum atomic E-state index is -5.90. The van der Waals surface area contributed by atoms with Crippen LogP contribution >= 0.6 is 70.4 Å². The molecule has 0 bridgehead atoms. The van der Waals surface area contributed by atoms with Crippen LogP contribution in [0.15, 0.2) is 0 Å². The molecule has 3 fully saturated rings. The summed E-state index contributed by atoms with van der Waals surface area (Å²) in [5, 5.41) is 28.5. The second-order valence-corrected chi connectivity index (χ2v) is 29.4. The SMILES string of the molecule is CC#CCCC(C)=O.CC#CCCC(C)=O.COP(=O)([O-])OP(=O)([O-])OP(=O)([O-])OC[C@H]1O[C@@H](C)CC1O.COP(=O)([O-])OP(=O)([O-])OP(=O)([O-])OC[C@H]1O[C@@H](C)CC1O.C[C@H]1CC(O)[C@@H](COP(=O)([O-])OP(=O)([O-])OP(=O)([O-])O)O1. The van der Waals surface area contributed by atoms with Gasteiger partial charge in [0.25, 0.3) is 70.4 Å². The molecule has 0 aromatic heterocycles. The van der Waals surface area contributed by atoms with Gasteiger partial charge in [-0.1, -0.05) is 0 Å². The third-order valence-electron chi connectivity index (χ3n) is 8.63. The number of ether oxygens (including phenoxy) is 3. The summed E-state index contributed by atoms with van der Waals surface area (Å²) in [4.78, 5) is 127. The lowest BCUT2D eigenvalue weighted by Gasteiger charge is -2.34. The first-order chi connectivity index (χ1) is 36.6. The topological polar surface area (TPSA) is 605 Å². The lowest BCUT2D eigenvalue weighted by atomic mass is 10.1. The van der Waals surface area contributed by atoms with Gasteiger partial charge in [0, 0.05) is 59.2 Å². The van der Waals surface area contributed by atoms with E-state index < -0.39 is 127 Å². The molecule has 3 heterocycles.